The summed E-state index contributed by atoms with van der Waals surface area (Å²) in [6, 6.07) is 18.8. The van der Waals surface area contributed by atoms with E-state index in [4.69, 9.17) is 4.42 Å². The van der Waals surface area contributed by atoms with Crippen LogP contribution in [-0.4, -0.2) is 4.98 Å². The second kappa shape index (κ2) is 4.45. The lowest BCUT2D eigenvalue weighted by Gasteiger charge is -2.05. The molecule has 2 heterocycles. The van der Waals surface area contributed by atoms with Gasteiger partial charge in [-0.2, -0.15) is 0 Å². The summed E-state index contributed by atoms with van der Waals surface area (Å²) in [4.78, 5) is 4.44. The standard InChI is InChI=1S/C19H15NO/c1-12-9-15(10-13(2)20-12)14-7-8-19-17(11-14)16-5-3-4-6-18(16)21-19/h3-11H,1-2H3. The third-order valence-electron chi connectivity index (χ3n) is 3.79. The number of aryl methyl sites for hydroxylation is 2. The molecule has 0 N–H and O–H groups in total. The zero-order valence-electron chi connectivity index (χ0n) is 12.1. The summed E-state index contributed by atoms with van der Waals surface area (Å²) < 4.78 is 5.88. The van der Waals surface area contributed by atoms with Crippen LogP contribution in [0.2, 0.25) is 0 Å². The smallest absolute Gasteiger partial charge is 0.135 e. The highest BCUT2D eigenvalue weighted by molar-refractivity contribution is 6.06. The van der Waals surface area contributed by atoms with Gasteiger partial charge in [0.15, 0.2) is 0 Å². The number of nitrogens with zero attached hydrogens (tertiary/aromatic N) is 1. The van der Waals surface area contributed by atoms with Gasteiger partial charge >= 0.3 is 0 Å². The molecule has 21 heavy (non-hydrogen) atoms. The number of hydrogen-bond acceptors (Lipinski definition) is 2. The first kappa shape index (κ1) is 12.2. The molecule has 2 aromatic carbocycles. The molecule has 4 rings (SSSR count). The van der Waals surface area contributed by atoms with Crippen LogP contribution in [0, 0.1) is 13.8 Å². The van der Waals surface area contributed by atoms with Gasteiger partial charge in [-0.3, -0.25) is 4.98 Å². The van der Waals surface area contributed by atoms with E-state index in [0.717, 1.165) is 33.3 Å². The Labute approximate surface area is 123 Å². The van der Waals surface area contributed by atoms with Gasteiger partial charge in [0.2, 0.25) is 0 Å². The number of hydrogen-bond donors (Lipinski definition) is 0. The van der Waals surface area contributed by atoms with E-state index in [9.17, 15) is 0 Å². The first-order chi connectivity index (χ1) is 10.2. The van der Waals surface area contributed by atoms with Crippen molar-refractivity contribution in [3.8, 4) is 11.1 Å². The van der Waals surface area contributed by atoms with Crippen molar-refractivity contribution in [2.45, 2.75) is 13.8 Å². The highest BCUT2D eigenvalue weighted by Crippen LogP contribution is 2.32. The van der Waals surface area contributed by atoms with Gasteiger partial charge in [0.05, 0.1) is 0 Å². The SMILES string of the molecule is Cc1cc(-c2ccc3oc4ccccc4c3c2)cc(C)n1. The normalized spacial score (nSPS) is 11.3. The van der Waals surface area contributed by atoms with Crippen LogP contribution in [0.1, 0.15) is 11.4 Å². The van der Waals surface area contributed by atoms with Gasteiger partial charge in [0.1, 0.15) is 11.2 Å². The van der Waals surface area contributed by atoms with Crippen molar-refractivity contribution in [1.29, 1.82) is 0 Å². The highest BCUT2D eigenvalue weighted by Gasteiger charge is 2.08. The molecule has 0 aliphatic rings. The Morgan fingerprint density at radius 2 is 1.43 bits per heavy atom. The summed E-state index contributed by atoms with van der Waals surface area (Å²) in [7, 11) is 0. The van der Waals surface area contributed by atoms with Crippen molar-refractivity contribution < 1.29 is 4.42 Å². The summed E-state index contributed by atoms with van der Waals surface area (Å²) in [5.41, 5.74) is 6.35. The number of para-hydroxylation sites is 1. The molecule has 0 bridgehead atoms. The number of aromatic nitrogens is 1. The van der Waals surface area contributed by atoms with E-state index in [0.29, 0.717) is 0 Å². The minimum atomic E-state index is 0.933. The van der Waals surface area contributed by atoms with Crippen molar-refractivity contribution in [2.75, 3.05) is 0 Å². The molecule has 2 heteroatoms. The summed E-state index contributed by atoms with van der Waals surface area (Å²) in [5.74, 6) is 0. The van der Waals surface area contributed by atoms with Gasteiger partial charge < -0.3 is 4.42 Å². The van der Waals surface area contributed by atoms with Crippen LogP contribution in [0.15, 0.2) is 59.0 Å². The van der Waals surface area contributed by atoms with Gasteiger partial charge in [0.25, 0.3) is 0 Å². The molecule has 0 aliphatic heterocycles. The molecule has 0 radical (unpaired) electrons. The fraction of sp³-hybridized carbons (Fsp3) is 0.105. The first-order valence-electron chi connectivity index (χ1n) is 7.08. The number of pyridine rings is 1. The second-order valence-electron chi connectivity index (χ2n) is 5.45. The number of rotatable bonds is 1. The average molecular weight is 273 g/mol. The van der Waals surface area contributed by atoms with Crippen molar-refractivity contribution in [1.82, 2.24) is 4.98 Å². The van der Waals surface area contributed by atoms with Gasteiger partial charge in [-0.15, -0.1) is 0 Å². The molecule has 102 valence electrons. The maximum Gasteiger partial charge on any atom is 0.135 e. The number of furan rings is 1. The predicted molar refractivity (Wildman–Crippen MR) is 86.4 cm³/mol. The minimum Gasteiger partial charge on any atom is -0.456 e. The Morgan fingerprint density at radius 1 is 0.714 bits per heavy atom. The second-order valence-corrected chi connectivity index (χ2v) is 5.45. The number of benzene rings is 2. The van der Waals surface area contributed by atoms with Gasteiger partial charge in [0, 0.05) is 22.2 Å². The fourth-order valence-electron chi connectivity index (χ4n) is 2.91. The van der Waals surface area contributed by atoms with Crippen molar-refractivity contribution in [3.63, 3.8) is 0 Å². The Hall–Kier alpha value is -2.61. The first-order valence-corrected chi connectivity index (χ1v) is 7.08. The van der Waals surface area contributed by atoms with E-state index in [1.54, 1.807) is 0 Å². The van der Waals surface area contributed by atoms with E-state index >= 15 is 0 Å². The third kappa shape index (κ3) is 2.00. The Balaban J connectivity index is 1.99. The van der Waals surface area contributed by atoms with Crippen molar-refractivity contribution in [2.24, 2.45) is 0 Å². The largest absolute Gasteiger partial charge is 0.456 e. The third-order valence-corrected chi connectivity index (χ3v) is 3.79. The molecule has 0 aliphatic carbocycles. The van der Waals surface area contributed by atoms with Gasteiger partial charge in [-0.25, -0.2) is 0 Å². The zero-order valence-corrected chi connectivity index (χ0v) is 12.1. The molecule has 0 amide bonds. The van der Waals surface area contributed by atoms with Gasteiger partial charge in [-0.1, -0.05) is 24.3 Å². The maximum atomic E-state index is 5.88. The van der Waals surface area contributed by atoms with Crippen molar-refractivity contribution in [3.05, 3.63) is 66.0 Å². The highest BCUT2D eigenvalue weighted by atomic mass is 16.3. The molecule has 0 unspecified atom stereocenters. The molecular formula is C19H15NO. The molecule has 2 aromatic heterocycles. The lowest BCUT2D eigenvalue weighted by molar-refractivity contribution is 0.669. The van der Waals surface area contributed by atoms with E-state index in [-0.39, 0.29) is 0 Å². The van der Waals surface area contributed by atoms with E-state index in [1.807, 2.05) is 32.0 Å². The van der Waals surface area contributed by atoms with Crippen LogP contribution in [0.5, 0.6) is 0 Å². The fourth-order valence-corrected chi connectivity index (χ4v) is 2.91. The summed E-state index contributed by atoms with van der Waals surface area (Å²) >= 11 is 0. The molecule has 0 saturated carbocycles. The lowest BCUT2D eigenvalue weighted by Crippen LogP contribution is -1.87. The average Bonchev–Trinajstić information content (AvgIpc) is 2.84. The predicted octanol–water partition coefficient (Wildman–Crippen LogP) is 5.26. The Bertz CT molecular complexity index is 946. The summed E-state index contributed by atoms with van der Waals surface area (Å²) in [6.07, 6.45) is 0. The van der Waals surface area contributed by atoms with Crippen LogP contribution in [0.25, 0.3) is 33.1 Å². The maximum absolute atomic E-state index is 5.88. The van der Waals surface area contributed by atoms with Crippen LogP contribution in [0.3, 0.4) is 0 Å². The van der Waals surface area contributed by atoms with Crippen LogP contribution < -0.4 is 0 Å². The lowest BCUT2D eigenvalue weighted by atomic mass is 10.0. The van der Waals surface area contributed by atoms with E-state index in [1.165, 1.54) is 11.1 Å². The van der Waals surface area contributed by atoms with E-state index < -0.39 is 0 Å². The van der Waals surface area contributed by atoms with E-state index in [2.05, 4.69) is 41.4 Å². The molecule has 0 atom stereocenters. The molecule has 0 saturated heterocycles. The number of fused-ring (bicyclic) bond motifs is 3. The van der Waals surface area contributed by atoms with Crippen LogP contribution >= 0.6 is 0 Å². The summed E-state index contributed by atoms with van der Waals surface area (Å²) in [5, 5.41) is 2.33. The van der Waals surface area contributed by atoms with Crippen LogP contribution in [0.4, 0.5) is 0 Å². The Kier molecular flexibility index (Phi) is 2.58. The van der Waals surface area contributed by atoms with Crippen molar-refractivity contribution >= 4 is 21.9 Å². The molecule has 0 fully saturated rings. The molecule has 0 spiro atoms. The Morgan fingerprint density at radius 3 is 2.24 bits per heavy atom. The van der Waals surface area contributed by atoms with Crippen LogP contribution in [-0.2, 0) is 0 Å². The zero-order chi connectivity index (χ0) is 14.4. The topological polar surface area (TPSA) is 26.0 Å². The molecule has 4 aromatic rings. The molecule has 2 nitrogen and oxygen atoms in total. The monoisotopic (exact) mass is 273 g/mol. The van der Waals surface area contributed by atoms with Gasteiger partial charge in [-0.05, 0) is 55.3 Å². The quantitative estimate of drug-likeness (QED) is 0.472. The molecular weight excluding hydrogens is 258 g/mol. The minimum absolute atomic E-state index is 0.933. The summed E-state index contributed by atoms with van der Waals surface area (Å²) in [6.45, 7) is 4.06.